The lowest BCUT2D eigenvalue weighted by Crippen LogP contribution is -2.18. The number of amides is 1. The molecule has 2 heterocycles. The lowest BCUT2D eigenvalue weighted by atomic mass is 10.1. The second kappa shape index (κ2) is 5.42. The van der Waals surface area contributed by atoms with Crippen molar-refractivity contribution in [3.05, 3.63) is 49.6 Å². The highest BCUT2D eigenvalue weighted by atomic mass is 79.9. The number of hydrogen-bond acceptors (Lipinski definition) is 4. The molecule has 0 fully saturated rings. The summed E-state index contributed by atoms with van der Waals surface area (Å²) in [5.74, 6) is -0.889. The maximum atomic E-state index is 12.7. The summed E-state index contributed by atoms with van der Waals surface area (Å²) < 4.78 is 1.67. The predicted octanol–water partition coefficient (Wildman–Crippen LogP) is 3.98. The van der Waals surface area contributed by atoms with E-state index in [1.54, 1.807) is 18.2 Å². The van der Waals surface area contributed by atoms with Gasteiger partial charge in [0.15, 0.2) is 0 Å². The second-order valence-electron chi connectivity index (χ2n) is 4.47. The van der Waals surface area contributed by atoms with Gasteiger partial charge >= 0.3 is 6.03 Å². The fourth-order valence-electron chi connectivity index (χ4n) is 2.26. The van der Waals surface area contributed by atoms with Crippen molar-refractivity contribution in [1.82, 2.24) is 4.57 Å². The van der Waals surface area contributed by atoms with Crippen molar-refractivity contribution in [2.24, 2.45) is 5.73 Å². The third kappa shape index (κ3) is 2.31. The Morgan fingerprint density at radius 1 is 1.27 bits per heavy atom. The Kier molecular flexibility index (Phi) is 3.72. The van der Waals surface area contributed by atoms with Crippen molar-refractivity contribution in [1.29, 1.82) is 0 Å². The molecule has 0 aliphatic carbocycles. The number of benzene rings is 1. The summed E-state index contributed by atoms with van der Waals surface area (Å²) in [7, 11) is 0. The van der Waals surface area contributed by atoms with Crippen LogP contribution in [-0.4, -0.2) is 21.5 Å². The van der Waals surface area contributed by atoms with Crippen LogP contribution in [0.5, 0.6) is 5.88 Å². The molecule has 0 unspecified atom stereocenters. The van der Waals surface area contributed by atoms with Crippen LogP contribution in [0.4, 0.5) is 4.79 Å². The van der Waals surface area contributed by atoms with Crippen LogP contribution in [0.15, 0.2) is 34.1 Å². The molecule has 0 atom stereocenters. The molecular formula is C14H8BrClN2O3S. The lowest BCUT2D eigenvalue weighted by Gasteiger charge is -2.00. The zero-order valence-corrected chi connectivity index (χ0v) is 14.0. The van der Waals surface area contributed by atoms with Crippen LogP contribution in [0.1, 0.15) is 15.2 Å². The summed E-state index contributed by atoms with van der Waals surface area (Å²) in [6, 6.07) is 7.09. The molecule has 112 valence electrons. The largest absolute Gasteiger partial charge is 0.494 e. The smallest absolute Gasteiger partial charge is 0.326 e. The third-order valence-electron chi connectivity index (χ3n) is 3.15. The normalized spacial score (nSPS) is 11.0. The molecule has 8 heteroatoms. The number of hydrogen-bond donors (Lipinski definition) is 2. The van der Waals surface area contributed by atoms with E-state index >= 15 is 0 Å². The predicted molar refractivity (Wildman–Crippen MR) is 89.0 cm³/mol. The molecule has 0 saturated carbocycles. The number of halogens is 2. The molecule has 2 aromatic heterocycles. The summed E-state index contributed by atoms with van der Waals surface area (Å²) in [5, 5.41) is 11.1. The number of fused-ring (bicyclic) bond motifs is 1. The molecular weight excluding hydrogens is 392 g/mol. The van der Waals surface area contributed by atoms with Crippen LogP contribution < -0.4 is 5.73 Å². The van der Waals surface area contributed by atoms with E-state index in [0.717, 1.165) is 8.35 Å². The van der Waals surface area contributed by atoms with E-state index in [9.17, 15) is 14.7 Å². The van der Waals surface area contributed by atoms with E-state index in [4.69, 9.17) is 17.3 Å². The molecule has 0 spiro atoms. The first kappa shape index (κ1) is 15.1. The Morgan fingerprint density at radius 3 is 2.59 bits per heavy atom. The number of nitrogens with two attached hydrogens (primary N) is 1. The molecule has 3 N–H and O–H groups in total. The van der Waals surface area contributed by atoms with Gasteiger partial charge in [-0.15, -0.1) is 11.3 Å². The Bertz CT molecular complexity index is 932. The molecule has 0 aliphatic heterocycles. The van der Waals surface area contributed by atoms with Crippen molar-refractivity contribution in [2.45, 2.75) is 0 Å². The topological polar surface area (TPSA) is 85.3 Å². The third-order valence-corrected chi connectivity index (χ3v) is 5.01. The fourth-order valence-corrected chi connectivity index (χ4v) is 3.76. The highest BCUT2D eigenvalue weighted by molar-refractivity contribution is 9.11. The summed E-state index contributed by atoms with van der Waals surface area (Å²) in [4.78, 5) is 24.7. The molecule has 0 bridgehead atoms. The van der Waals surface area contributed by atoms with Gasteiger partial charge in [0.2, 0.25) is 11.7 Å². The SMILES string of the molecule is NC(=O)n1c(O)c(C(=O)c2ccc(Br)s2)c2cc(Cl)ccc21. The first-order valence-electron chi connectivity index (χ1n) is 6.03. The van der Waals surface area contributed by atoms with Gasteiger partial charge in [0.25, 0.3) is 0 Å². The number of aromatic nitrogens is 1. The minimum Gasteiger partial charge on any atom is -0.494 e. The van der Waals surface area contributed by atoms with Crippen molar-refractivity contribution >= 4 is 61.6 Å². The van der Waals surface area contributed by atoms with Gasteiger partial charge < -0.3 is 10.8 Å². The fraction of sp³-hybridized carbons (Fsp3) is 0. The van der Waals surface area contributed by atoms with Crippen LogP contribution in [0.3, 0.4) is 0 Å². The van der Waals surface area contributed by atoms with E-state index in [-0.39, 0.29) is 5.56 Å². The molecule has 22 heavy (non-hydrogen) atoms. The Labute approximate surface area is 142 Å². The lowest BCUT2D eigenvalue weighted by molar-refractivity contribution is 0.104. The number of carbonyl (C=O) groups is 2. The van der Waals surface area contributed by atoms with E-state index in [1.807, 2.05) is 0 Å². The molecule has 0 radical (unpaired) electrons. The number of rotatable bonds is 2. The summed E-state index contributed by atoms with van der Waals surface area (Å²) in [6.45, 7) is 0. The van der Waals surface area contributed by atoms with Crippen molar-refractivity contribution in [3.63, 3.8) is 0 Å². The van der Waals surface area contributed by atoms with E-state index in [1.165, 1.54) is 23.5 Å². The average molecular weight is 400 g/mol. The molecule has 1 amide bonds. The Balaban J connectivity index is 2.33. The highest BCUT2D eigenvalue weighted by Gasteiger charge is 2.26. The van der Waals surface area contributed by atoms with Gasteiger partial charge in [-0.2, -0.15) is 0 Å². The van der Waals surface area contributed by atoms with Crippen LogP contribution in [0, 0.1) is 0 Å². The van der Waals surface area contributed by atoms with E-state index < -0.39 is 17.7 Å². The number of nitrogens with zero attached hydrogens (tertiary/aromatic N) is 1. The minimum atomic E-state index is -0.878. The van der Waals surface area contributed by atoms with Crippen molar-refractivity contribution in [3.8, 4) is 5.88 Å². The van der Waals surface area contributed by atoms with Gasteiger partial charge in [-0.05, 0) is 46.3 Å². The summed E-state index contributed by atoms with van der Waals surface area (Å²) >= 11 is 10.5. The van der Waals surface area contributed by atoms with Gasteiger partial charge in [0.05, 0.1) is 19.7 Å². The van der Waals surface area contributed by atoms with Crippen LogP contribution in [0.2, 0.25) is 5.02 Å². The maximum absolute atomic E-state index is 12.7. The average Bonchev–Trinajstić information content (AvgIpc) is 2.98. The molecule has 3 aromatic rings. The standard InChI is InChI=1S/C14H8BrClN2O3S/c15-10-4-3-9(22-10)12(19)11-7-5-6(16)1-2-8(7)18(13(11)20)14(17)21/h1-5,20H,(H2,17,21). The van der Waals surface area contributed by atoms with Gasteiger partial charge in [-0.1, -0.05) is 11.6 Å². The summed E-state index contributed by atoms with van der Waals surface area (Å²) in [6.07, 6.45) is 0. The monoisotopic (exact) mass is 398 g/mol. The van der Waals surface area contributed by atoms with E-state index in [2.05, 4.69) is 15.9 Å². The number of primary amides is 1. The van der Waals surface area contributed by atoms with Crippen molar-refractivity contribution in [2.75, 3.05) is 0 Å². The first-order valence-corrected chi connectivity index (χ1v) is 8.01. The maximum Gasteiger partial charge on any atom is 0.326 e. The number of ketones is 1. The second-order valence-corrected chi connectivity index (χ2v) is 7.37. The molecule has 1 aromatic carbocycles. The van der Waals surface area contributed by atoms with Gasteiger partial charge in [-0.25, -0.2) is 9.36 Å². The Hall–Kier alpha value is -1.83. The van der Waals surface area contributed by atoms with Crippen molar-refractivity contribution < 1.29 is 14.7 Å². The minimum absolute atomic E-state index is 0.00523. The number of aromatic hydroxyl groups is 1. The summed E-state index contributed by atoms with van der Waals surface area (Å²) in [5.41, 5.74) is 5.62. The zero-order valence-electron chi connectivity index (χ0n) is 10.8. The molecule has 3 rings (SSSR count). The van der Waals surface area contributed by atoms with Gasteiger partial charge in [-0.3, -0.25) is 4.79 Å². The molecule has 5 nitrogen and oxygen atoms in total. The zero-order chi connectivity index (χ0) is 16.0. The van der Waals surface area contributed by atoms with Gasteiger partial charge in [0, 0.05) is 10.4 Å². The number of carbonyl (C=O) groups excluding carboxylic acids is 2. The molecule has 0 aliphatic rings. The van der Waals surface area contributed by atoms with Gasteiger partial charge in [0.1, 0.15) is 0 Å². The van der Waals surface area contributed by atoms with Crippen LogP contribution in [-0.2, 0) is 0 Å². The molecule has 0 saturated heterocycles. The van der Waals surface area contributed by atoms with Crippen LogP contribution >= 0.6 is 38.9 Å². The Morgan fingerprint density at radius 2 is 2.00 bits per heavy atom. The van der Waals surface area contributed by atoms with Crippen LogP contribution in [0.25, 0.3) is 10.9 Å². The quantitative estimate of drug-likeness (QED) is 0.639. The van der Waals surface area contributed by atoms with E-state index in [0.29, 0.717) is 20.8 Å². The first-order chi connectivity index (χ1) is 10.4. The highest BCUT2D eigenvalue weighted by Crippen LogP contribution is 2.36. The number of thiophene rings is 1.